The standard InChI is InChI=1S/C20H16Cl2N2O/c21-15-6-10-17(11-7-15)23-20(19(25)14-4-2-1-3-5-14)24-18-12-8-16(22)9-13-18/h1-13,20,23-24H. The second kappa shape index (κ2) is 8.06. The minimum absolute atomic E-state index is 0.0644. The van der Waals surface area contributed by atoms with E-state index < -0.39 is 6.17 Å². The van der Waals surface area contributed by atoms with Crippen molar-refractivity contribution in [3.63, 3.8) is 0 Å². The van der Waals surface area contributed by atoms with E-state index in [1.807, 2.05) is 42.5 Å². The molecule has 3 rings (SSSR count). The Kier molecular flexibility index (Phi) is 5.59. The lowest BCUT2D eigenvalue weighted by Crippen LogP contribution is -2.37. The third-order valence-corrected chi connectivity index (χ3v) is 4.13. The van der Waals surface area contributed by atoms with Crippen LogP contribution in [0.2, 0.25) is 10.0 Å². The number of anilines is 2. The number of carbonyl (C=O) groups excluding carboxylic acids is 1. The molecule has 0 aromatic heterocycles. The summed E-state index contributed by atoms with van der Waals surface area (Å²) in [5.41, 5.74) is 2.20. The Balaban J connectivity index is 1.85. The van der Waals surface area contributed by atoms with Gasteiger partial charge in [-0.3, -0.25) is 4.79 Å². The maximum Gasteiger partial charge on any atom is 0.205 e. The Bertz CT molecular complexity index is 786. The summed E-state index contributed by atoms with van der Waals surface area (Å²) in [6, 6.07) is 23.6. The minimum Gasteiger partial charge on any atom is -0.359 e. The van der Waals surface area contributed by atoms with Gasteiger partial charge in [0.2, 0.25) is 5.78 Å². The molecule has 0 heterocycles. The van der Waals surface area contributed by atoms with E-state index in [0.29, 0.717) is 15.6 Å². The largest absolute Gasteiger partial charge is 0.359 e. The SMILES string of the molecule is O=C(c1ccccc1)C(Nc1ccc(Cl)cc1)Nc1ccc(Cl)cc1. The first-order valence-corrected chi connectivity index (χ1v) is 8.51. The molecule has 3 aromatic carbocycles. The molecule has 0 unspecified atom stereocenters. The molecule has 5 heteroatoms. The highest BCUT2D eigenvalue weighted by Crippen LogP contribution is 2.19. The number of hydrogen-bond donors (Lipinski definition) is 2. The van der Waals surface area contributed by atoms with E-state index in [4.69, 9.17) is 23.2 Å². The lowest BCUT2D eigenvalue weighted by molar-refractivity contribution is 0.0978. The van der Waals surface area contributed by atoms with Crippen molar-refractivity contribution >= 4 is 40.4 Å². The first kappa shape index (κ1) is 17.3. The molecule has 0 atom stereocenters. The van der Waals surface area contributed by atoms with Gasteiger partial charge in [-0.05, 0) is 48.5 Å². The smallest absolute Gasteiger partial charge is 0.205 e. The number of ketones is 1. The molecule has 126 valence electrons. The summed E-state index contributed by atoms with van der Waals surface area (Å²) in [7, 11) is 0. The Hall–Kier alpha value is -2.49. The van der Waals surface area contributed by atoms with Gasteiger partial charge in [0.05, 0.1) is 0 Å². The van der Waals surface area contributed by atoms with Gasteiger partial charge in [0.25, 0.3) is 0 Å². The summed E-state index contributed by atoms with van der Waals surface area (Å²) in [6.45, 7) is 0. The fourth-order valence-electron chi connectivity index (χ4n) is 2.36. The monoisotopic (exact) mass is 370 g/mol. The minimum atomic E-state index is -0.634. The van der Waals surface area contributed by atoms with Gasteiger partial charge in [0, 0.05) is 27.0 Å². The van der Waals surface area contributed by atoms with Crippen molar-refractivity contribution in [1.82, 2.24) is 0 Å². The molecule has 2 N–H and O–H groups in total. The molecular weight excluding hydrogens is 355 g/mol. The number of benzene rings is 3. The van der Waals surface area contributed by atoms with Crippen molar-refractivity contribution < 1.29 is 4.79 Å². The van der Waals surface area contributed by atoms with Crippen LogP contribution in [0.5, 0.6) is 0 Å². The molecule has 25 heavy (non-hydrogen) atoms. The summed E-state index contributed by atoms with van der Waals surface area (Å²) in [4.78, 5) is 12.9. The highest BCUT2D eigenvalue weighted by atomic mass is 35.5. The number of hydrogen-bond acceptors (Lipinski definition) is 3. The molecule has 0 amide bonds. The maximum atomic E-state index is 12.9. The van der Waals surface area contributed by atoms with Crippen molar-refractivity contribution in [2.75, 3.05) is 10.6 Å². The summed E-state index contributed by atoms with van der Waals surface area (Å²) in [5.74, 6) is -0.0644. The van der Waals surface area contributed by atoms with Gasteiger partial charge in [-0.25, -0.2) is 0 Å². The highest BCUT2D eigenvalue weighted by molar-refractivity contribution is 6.30. The molecule has 3 nitrogen and oxygen atoms in total. The van der Waals surface area contributed by atoms with Crippen LogP contribution in [-0.2, 0) is 0 Å². The van der Waals surface area contributed by atoms with Gasteiger partial charge in [0.1, 0.15) is 0 Å². The zero-order valence-corrected chi connectivity index (χ0v) is 14.8. The zero-order valence-electron chi connectivity index (χ0n) is 13.2. The van der Waals surface area contributed by atoms with E-state index in [0.717, 1.165) is 11.4 Å². The van der Waals surface area contributed by atoms with Crippen molar-refractivity contribution in [2.45, 2.75) is 6.17 Å². The summed E-state index contributed by atoms with van der Waals surface area (Å²) in [5, 5.41) is 7.71. The van der Waals surface area contributed by atoms with Crippen LogP contribution in [0.3, 0.4) is 0 Å². The van der Waals surface area contributed by atoms with Crippen molar-refractivity contribution in [1.29, 1.82) is 0 Å². The predicted octanol–water partition coefficient (Wildman–Crippen LogP) is 5.73. The van der Waals surface area contributed by atoms with Gasteiger partial charge in [-0.2, -0.15) is 0 Å². The molecular formula is C20H16Cl2N2O. The lowest BCUT2D eigenvalue weighted by Gasteiger charge is -2.21. The van der Waals surface area contributed by atoms with Crippen LogP contribution in [0.4, 0.5) is 11.4 Å². The first-order valence-electron chi connectivity index (χ1n) is 7.75. The van der Waals surface area contributed by atoms with E-state index in [1.54, 1.807) is 36.4 Å². The fourth-order valence-corrected chi connectivity index (χ4v) is 2.61. The van der Waals surface area contributed by atoms with Crippen LogP contribution in [0, 0.1) is 0 Å². The van der Waals surface area contributed by atoms with Crippen LogP contribution >= 0.6 is 23.2 Å². The molecule has 0 saturated carbocycles. The van der Waals surface area contributed by atoms with Gasteiger partial charge in [0.15, 0.2) is 6.17 Å². The Morgan fingerprint density at radius 2 is 1.12 bits per heavy atom. The van der Waals surface area contributed by atoms with E-state index >= 15 is 0 Å². The molecule has 3 aromatic rings. The second-order valence-electron chi connectivity index (χ2n) is 5.47. The maximum absolute atomic E-state index is 12.9. The summed E-state index contributed by atoms with van der Waals surface area (Å²) < 4.78 is 0. The molecule has 0 fully saturated rings. The normalized spacial score (nSPS) is 10.5. The molecule has 0 saturated heterocycles. The van der Waals surface area contributed by atoms with Crippen LogP contribution in [0.25, 0.3) is 0 Å². The van der Waals surface area contributed by atoms with Gasteiger partial charge < -0.3 is 10.6 Å². The Morgan fingerprint density at radius 1 is 0.680 bits per heavy atom. The van der Waals surface area contributed by atoms with Crippen molar-refractivity contribution in [2.24, 2.45) is 0 Å². The fraction of sp³-hybridized carbons (Fsp3) is 0.0500. The van der Waals surface area contributed by atoms with Crippen LogP contribution in [0.15, 0.2) is 78.9 Å². The Morgan fingerprint density at radius 3 is 1.56 bits per heavy atom. The zero-order chi connectivity index (χ0) is 17.6. The quantitative estimate of drug-likeness (QED) is 0.430. The molecule has 0 spiro atoms. The van der Waals surface area contributed by atoms with Gasteiger partial charge in [-0.15, -0.1) is 0 Å². The summed E-state index contributed by atoms with van der Waals surface area (Å²) >= 11 is 11.9. The van der Waals surface area contributed by atoms with Crippen LogP contribution < -0.4 is 10.6 Å². The average molecular weight is 371 g/mol. The van der Waals surface area contributed by atoms with E-state index in [9.17, 15) is 4.79 Å². The highest BCUT2D eigenvalue weighted by Gasteiger charge is 2.19. The lowest BCUT2D eigenvalue weighted by atomic mass is 10.1. The predicted molar refractivity (Wildman–Crippen MR) is 105 cm³/mol. The number of rotatable bonds is 6. The first-order chi connectivity index (χ1) is 12.1. The summed E-state index contributed by atoms with van der Waals surface area (Å²) in [6.07, 6.45) is -0.634. The number of halogens is 2. The molecule has 0 aliphatic heterocycles. The number of carbonyl (C=O) groups is 1. The average Bonchev–Trinajstić information content (AvgIpc) is 2.65. The molecule has 0 aliphatic carbocycles. The third kappa shape index (κ3) is 4.75. The molecule has 0 bridgehead atoms. The topological polar surface area (TPSA) is 41.1 Å². The van der Waals surface area contributed by atoms with E-state index in [1.165, 1.54) is 0 Å². The third-order valence-electron chi connectivity index (χ3n) is 3.63. The second-order valence-corrected chi connectivity index (χ2v) is 6.34. The van der Waals surface area contributed by atoms with Crippen molar-refractivity contribution in [3.8, 4) is 0 Å². The number of Topliss-reactive ketones (excluding diaryl/α,β-unsaturated/α-hetero) is 1. The number of nitrogens with one attached hydrogen (secondary N) is 2. The van der Waals surface area contributed by atoms with Gasteiger partial charge >= 0.3 is 0 Å². The van der Waals surface area contributed by atoms with Crippen LogP contribution in [-0.4, -0.2) is 11.9 Å². The van der Waals surface area contributed by atoms with Gasteiger partial charge in [-0.1, -0.05) is 53.5 Å². The molecule has 0 radical (unpaired) electrons. The van der Waals surface area contributed by atoms with E-state index in [-0.39, 0.29) is 5.78 Å². The Labute approximate surface area is 156 Å². The van der Waals surface area contributed by atoms with Crippen LogP contribution in [0.1, 0.15) is 10.4 Å². The van der Waals surface area contributed by atoms with Crippen molar-refractivity contribution in [3.05, 3.63) is 94.5 Å². The molecule has 0 aliphatic rings. The van der Waals surface area contributed by atoms with E-state index in [2.05, 4.69) is 10.6 Å².